The van der Waals surface area contributed by atoms with E-state index in [9.17, 15) is 0 Å². The summed E-state index contributed by atoms with van der Waals surface area (Å²) in [5.41, 5.74) is 4.64. The Morgan fingerprint density at radius 2 is 2.06 bits per heavy atom. The minimum atomic E-state index is 0.595. The van der Waals surface area contributed by atoms with Crippen molar-refractivity contribution in [3.63, 3.8) is 0 Å². The van der Waals surface area contributed by atoms with Crippen LogP contribution in [0.1, 0.15) is 17.0 Å². The first kappa shape index (κ1) is 10.8. The lowest BCUT2D eigenvalue weighted by molar-refractivity contribution is 1.21. The van der Waals surface area contributed by atoms with Crippen molar-refractivity contribution < 1.29 is 0 Å². The summed E-state index contributed by atoms with van der Waals surface area (Å²) in [7, 11) is 0. The van der Waals surface area contributed by atoms with Crippen LogP contribution in [0.25, 0.3) is 11.1 Å². The predicted molar refractivity (Wildman–Crippen MR) is 65.4 cm³/mol. The van der Waals surface area contributed by atoms with E-state index < -0.39 is 0 Å². The molecule has 1 aromatic heterocycles. The molecule has 2 rings (SSSR count). The van der Waals surface area contributed by atoms with Crippen molar-refractivity contribution in [3.05, 3.63) is 46.2 Å². The highest BCUT2D eigenvalue weighted by molar-refractivity contribution is 6.30. The van der Waals surface area contributed by atoms with Crippen LogP contribution >= 0.6 is 11.6 Å². The summed E-state index contributed by atoms with van der Waals surface area (Å²) in [4.78, 5) is 3.08. The second-order valence-corrected chi connectivity index (χ2v) is 4.18. The average Bonchev–Trinajstić information content (AvgIpc) is 2.55. The number of nitrogens with one attached hydrogen (secondary N) is 1. The SMILES string of the molecule is Cc1[nH]c(C#N)c(-c2cccc(Cl)c2)c1C. The smallest absolute Gasteiger partial charge is 0.125 e. The summed E-state index contributed by atoms with van der Waals surface area (Å²) in [6.07, 6.45) is 0. The highest BCUT2D eigenvalue weighted by atomic mass is 35.5. The van der Waals surface area contributed by atoms with Crippen LogP contribution in [-0.2, 0) is 0 Å². The Hall–Kier alpha value is -1.72. The minimum Gasteiger partial charge on any atom is -0.350 e. The molecule has 0 aliphatic rings. The van der Waals surface area contributed by atoms with Crippen molar-refractivity contribution in [2.24, 2.45) is 0 Å². The fraction of sp³-hybridized carbons (Fsp3) is 0.154. The van der Waals surface area contributed by atoms with E-state index in [0.717, 1.165) is 22.4 Å². The van der Waals surface area contributed by atoms with Crippen LogP contribution in [0.15, 0.2) is 24.3 Å². The third kappa shape index (κ3) is 1.70. The van der Waals surface area contributed by atoms with Gasteiger partial charge in [0, 0.05) is 16.3 Å². The van der Waals surface area contributed by atoms with Crippen LogP contribution < -0.4 is 0 Å². The van der Waals surface area contributed by atoms with E-state index in [0.29, 0.717) is 10.7 Å². The number of aryl methyl sites for hydroxylation is 1. The summed E-state index contributed by atoms with van der Waals surface area (Å²) < 4.78 is 0. The van der Waals surface area contributed by atoms with Gasteiger partial charge >= 0.3 is 0 Å². The van der Waals surface area contributed by atoms with Gasteiger partial charge in [0.05, 0.1) is 0 Å². The first-order valence-electron chi connectivity index (χ1n) is 4.98. The molecular formula is C13H11ClN2. The molecule has 0 aliphatic heterocycles. The molecule has 0 spiro atoms. The van der Waals surface area contributed by atoms with E-state index in [4.69, 9.17) is 16.9 Å². The molecule has 1 N–H and O–H groups in total. The van der Waals surface area contributed by atoms with Gasteiger partial charge in [0.1, 0.15) is 11.8 Å². The van der Waals surface area contributed by atoms with Gasteiger partial charge in [-0.15, -0.1) is 0 Å². The Balaban J connectivity index is 2.69. The molecule has 2 nitrogen and oxygen atoms in total. The van der Waals surface area contributed by atoms with Gasteiger partial charge < -0.3 is 4.98 Å². The quantitative estimate of drug-likeness (QED) is 0.795. The van der Waals surface area contributed by atoms with Crippen molar-refractivity contribution >= 4 is 11.6 Å². The maximum absolute atomic E-state index is 9.07. The Morgan fingerprint density at radius 3 is 2.69 bits per heavy atom. The van der Waals surface area contributed by atoms with Crippen molar-refractivity contribution in [1.29, 1.82) is 5.26 Å². The Bertz CT molecular complexity index is 576. The van der Waals surface area contributed by atoms with Crippen LogP contribution in [0.2, 0.25) is 5.02 Å². The van der Waals surface area contributed by atoms with E-state index in [1.165, 1.54) is 0 Å². The molecule has 80 valence electrons. The maximum Gasteiger partial charge on any atom is 0.125 e. The number of hydrogen-bond donors (Lipinski definition) is 1. The number of halogens is 1. The second-order valence-electron chi connectivity index (χ2n) is 3.75. The molecule has 0 atom stereocenters. The zero-order chi connectivity index (χ0) is 11.7. The normalized spacial score (nSPS) is 10.1. The van der Waals surface area contributed by atoms with Gasteiger partial charge in [-0.05, 0) is 37.1 Å². The van der Waals surface area contributed by atoms with Gasteiger partial charge in [-0.2, -0.15) is 5.26 Å². The second kappa shape index (κ2) is 4.03. The summed E-state index contributed by atoms with van der Waals surface area (Å²) in [6.45, 7) is 3.97. The number of benzene rings is 1. The number of H-pyrrole nitrogens is 1. The summed E-state index contributed by atoms with van der Waals surface area (Å²) in [6, 6.07) is 9.73. The highest BCUT2D eigenvalue weighted by Gasteiger charge is 2.13. The molecule has 3 heteroatoms. The van der Waals surface area contributed by atoms with E-state index in [2.05, 4.69) is 11.1 Å². The number of aromatic amines is 1. The molecule has 0 fully saturated rings. The Kier molecular flexibility index (Phi) is 2.72. The molecule has 0 bridgehead atoms. The number of aromatic nitrogens is 1. The predicted octanol–water partition coefficient (Wildman–Crippen LogP) is 3.82. The monoisotopic (exact) mass is 230 g/mol. The van der Waals surface area contributed by atoms with Gasteiger partial charge in [-0.1, -0.05) is 23.7 Å². The number of nitriles is 1. The fourth-order valence-electron chi connectivity index (χ4n) is 1.81. The third-order valence-electron chi connectivity index (χ3n) is 2.73. The molecule has 0 amide bonds. The van der Waals surface area contributed by atoms with Crippen LogP contribution in [0, 0.1) is 25.2 Å². The Labute approximate surface area is 99.5 Å². The van der Waals surface area contributed by atoms with Gasteiger partial charge in [0.25, 0.3) is 0 Å². The summed E-state index contributed by atoms with van der Waals surface area (Å²) >= 11 is 5.96. The molecular weight excluding hydrogens is 220 g/mol. The average molecular weight is 231 g/mol. The van der Waals surface area contributed by atoms with Gasteiger partial charge in [0.15, 0.2) is 0 Å². The van der Waals surface area contributed by atoms with Gasteiger partial charge in [-0.3, -0.25) is 0 Å². The topological polar surface area (TPSA) is 39.6 Å². The van der Waals surface area contributed by atoms with Crippen molar-refractivity contribution in [1.82, 2.24) is 4.98 Å². The lowest BCUT2D eigenvalue weighted by Gasteiger charge is -2.02. The fourth-order valence-corrected chi connectivity index (χ4v) is 2.00. The van der Waals surface area contributed by atoms with E-state index in [1.807, 2.05) is 38.1 Å². The molecule has 0 unspecified atom stereocenters. The van der Waals surface area contributed by atoms with E-state index in [-0.39, 0.29) is 0 Å². The maximum atomic E-state index is 9.07. The third-order valence-corrected chi connectivity index (χ3v) is 2.96. The van der Waals surface area contributed by atoms with Gasteiger partial charge in [0.2, 0.25) is 0 Å². The first-order valence-corrected chi connectivity index (χ1v) is 5.36. The van der Waals surface area contributed by atoms with Crippen LogP contribution in [-0.4, -0.2) is 4.98 Å². The van der Waals surface area contributed by atoms with E-state index >= 15 is 0 Å². The highest BCUT2D eigenvalue weighted by Crippen LogP contribution is 2.30. The molecule has 0 saturated carbocycles. The molecule has 2 aromatic rings. The van der Waals surface area contributed by atoms with Gasteiger partial charge in [-0.25, -0.2) is 0 Å². The zero-order valence-electron chi connectivity index (χ0n) is 9.13. The lowest BCUT2D eigenvalue weighted by Crippen LogP contribution is -1.82. The molecule has 0 aliphatic carbocycles. The molecule has 0 radical (unpaired) electrons. The zero-order valence-corrected chi connectivity index (χ0v) is 9.89. The van der Waals surface area contributed by atoms with Crippen LogP contribution in [0.5, 0.6) is 0 Å². The number of nitrogens with zero attached hydrogens (tertiary/aromatic N) is 1. The van der Waals surface area contributed by atoms with Crippen LogP contribution in [0.3, 0.4) is 0 Å². The number of rotatable bonds is 1. The van der Waals surface area contributed by atoms with Crippen molar-refractivity contribution in [2.45, 2.75) is 13.8 Å². The largest absolute Gasteiger partial charge is 0.350 e. The molecule has 16 heavy (non-hydrogen) atoms. The lowest BCUT2D eigenvalue weighted by atomic mass is 10.0. The first-order chi connectivity index (χ1) is 7.63. The number of hydrogen-bond acceptors (Lipinski definition) is 1. The summed E-state index contributed by atoms with van der Waals surface area (Å²) in [5, 5.41) is 9.75. The van der Waals surface area contributed by atoms with Crippen LogP contribution in [0.4, 0.5) is 0 Å². The minimum absolute atomic E-state index is 0.595. The molecule has 1 aromatic carbocycles. The summed E-state index contributed by atoms with van der Waals surface area (Å²) in [5.74, 6) is 0. The molecule has 1 heterocycles. The van der Waals surface area contributed by atoms with Crippen molar-refractivity contribution in [2.75, 3.05) is 0 Å². The van der Waals surface area contributed by atoms with Crippen molar-refractivity contribution in [3.8, 4) is 17.2 Å². The standard InChI is InChI=1S/C13H11ClN2/c1-8-9(2)16-12(7-15)13(8)10-4-3-5-11(14)6-10/h3-6,16H,1-2H3. The van der Waals surface area contributed by atoms with E-state index in [1.54, 1.807) is 0 Å². The molecule has 0 saturated heterocycles. The Morgan fingerprint density at radius 1 is 1.31 bits per heavy atom.